The lowest BCUT2D eigenvalue weighted by Gasteiger charge is -2.39. The normalized spacial score (nSPS) is 32.7. The minimum absolute atomic E-state index is 0.205. The van der Waals surface area contributed by atoms with E-state index in [4.69, 9.17) is 9.47 Å². The molecule has 2 saturated heterocycles. The molecule has 1 aliphatic carbocycles. The smallest absolute Gasteiger partial charge is 0.168 e. The largest absolute Gasteiger partial charge is 0.348 e. The van der Waals surface area contributed by atoms with Crippen molar-refractivity contribution in [3.63, 3.8) is 0 Å². The maximum atomic E-state index is 5.79. The topological polar surface area (TPSA) is 33.7 Å². The molecular weight excluding hydrogens is 228 g/mol. The summed E-state index contributed by atoms with van der Waals surface area (Å²) in [7, 11) is 2.28. The first kappa shape index (κ1) is 12.9. The Hall–Kier alpha value is -0.160. The van der Waals surface area contributed by atoms with Crippen LogP contribution in [0.5, 0.6) is 0 Å². The summed E-state index contributed by atoms with van der Waals surface area (Å²) in [5.74, 6) is -0.205. The van der Waals surface area contributed by atoms with E-state index in [-0.39, 0.29) is 5.79 Å². The predicted molar refractivity (Wildman–Crippen MR) is 70.5 cm³/mol. The quantitative estimate of drug-likeness (QED) is 0.824. The van der Waals surface area contributed by atoms with Gasteiger partial charge in [-0.15, -0.1) is 0 Å². The molecule has 3 aliphatic rings. The van der Waals surface area contributed by atoms with Crippen molar-refractivity contribution in [3.05, 3.63) is 0 Å². The lowest BCUT2D eigenvalue weighted by molar-refractivity contribution is -0.183. The number of nitrogens with one attached hydrogen (secondary N) is 1. The Morgan fingerprint density at radius 2 is 1.89 bits per heavy atom. The molecule has 2 aliphatic heterocycles. The fourth-order valence-corrected chi connectivity index (χ4v) is 3.68. The highest BCUT2D eigenvalue weighted by atomic mass is 16.7. The molecule has 3 rings (SSSR count). The molecule has 2 heterocycles. The average Bonchev–Trinajstić information content (AvgIpc) is 3.03. The van der Waals surface area contributed by atoms with E-state index < -0.39 is 0 Å². The first-order chi connectivity index (χ1) is 8.77. The maximum absolute atomic E-state index is 5.79. The van der Waals surface area contributed by atoms with Crippen LogP contribution in [-0.4, -0.2) is 56.1 Å². The monoisotopic (exact) mass is 254 g/mol. The van der Waals surface area contributed by atoms with Gasteiger partial charge >= 0.3 is 0 Å². The van der Waals surface area contributed by atoms with Gasteiger partial charge < -0.3 is 19.7 Å². The molecule has 0 radical (unpaired) electrons. The van der Waals surface area contributed by atoms with E-state index in [2.05, 4.69) is 17.3 Å². The van der Waals surface area contributed by atoms with Gasteiger partial charge in [-0.2, -0.15) is 0 Å². The van der Waals surface area contributed by atoms with Crippen LogP contribution in [0.15, 0.2) is 0 Å². The summed E-state index contributed by atoms with van der Waals surface area (Å²) in [6.45, 7) is 3.96. The van der Waals surface area contributed by atoms with Crippen molar-refractivity contribution in [1.29, 1.82) is 0 Å². The predicted octanol–water partition coefficient (Wildman–Crippen LogP) is 1.36. The Labute approximate surface area is 110 Å². The minimum atomic E-state index is -0.205. The molecule has 0 aromatic carbocycles. The lowest BCUT2D eigenvalue weighted by Crippen LogP contribution is -2.46. The summed E-state index contributed by atoms with van der Waals surface area (Å²) >= 11 is 0. The summed E-state index contributed by atoms with van der Waals surface area (Å²) in [5.41, 5.74) is 0. The first-order valence-electron chi connectivity index (χ1n) is 7.49. The molecule has 4 heteroatoms. The maximum Gasteiger partial charge on any atom is 0.168 e. The van der Waals surface area contributed by atoms with Crippen LogP contribution in [0, 0.1) is 0 Å². The van der Waals surface area contributed by atoms with Gasteiger partial charge in [-0.25, -0.2) is 0 Å². The second-order valence-corrected chi connectivity index (χ2v) is 6.07. The zero-order chi connectivity index (χ0) is 12.4. The van der Waals surface area contributed by atoms with Gasteiger partial charge in [-0.1, -0.05) is 0 Å². The van der Waals surface area contributed by atoms with Crippen LogP contribution in [0.2, 0.25) is 0 Å². The fourth-order valence-electron chi connectivity index (χ4n) is 3.68. The number of hydrogen-bond acceptors (Lipinski definition) is 4. The molecule has 0 aromatic rings. The summed E-state index contributed by atoms with van der Waals surface area (Å²) in [4.78, 5) is 2.55. The van der Waals surface area contributed by atoms with Gasteiger partial charge in [0.1, 0.15) is 0 Å². The van der Waals surface area contributed by atoms with E-state index >= 15 is 0 Å². The third kappa shape index (κ3) is 2.72. The molecule has 0 bridgehead atoms. The molecule has 0 amide bonds. The van der Waals surface area contributed by atoms with E-state index in [1.165, 1.54) is 38.8 Å². The van der Waals surface area contributed by atoms with Gasteiger partial charge in [0.2, 0.25) is 0 Å². The Morgan fingerprint density at radius 1 is 1.17 bits per heavy atom. The molecule has 1 atom stereocenters. The van der Waals surface area contributed by atoms with E-state index in [1.54, 1.807) is 0 Å². The van der Waals surface area contributed by atoms with Gasteiger partial charge in [0.05, 0.1) is 13.2 Å². The second kappa shape index (κ2) is 5.45. The zero-order valence-electron chi connectivity index (χ0n) is 11.5. The van der Waals surface area contributed by atoms with Gasteiger partial charge in [0.25, 0.3) is 0 Å². The molecule has 1 spiro atoms. The Kier molecular flexibility index (Phi) is 3.89. The second-order valence-electron chi connectivity index (χ2n) is 6.07. The number of rotatable bonds is 3. The third-order valence-corrected chi connectivity index (χ3v) is 4.82. The molecule has 18 heavy (non-hydrogen) atoms. The summed E-state index contributed by atoms with van der Waals surface area (Å²) in [5, 5.41) is 3.58. The summed E-state index contributed by atoms with van der Waals surface area (Å²) in [6.07, 6.45) is 7.24. The van der Waals surface area contributed by atoms with Crippen molar-refractivity contribution in [3.8, 4) is 0 Å². The fraction of sp³-hybridized carbons (Fsp3) is 1.00. The molecule has 4 nitrogen and oxygen atoms in total. The molecule has 1 saturated carbocycles. The van der Waals surface area contributed by atoms with Crippen molar-refractivity contribution < 1.29 is 9.47 Å². The SMILES string of the molecule is CN(CC1CCCN1)C1CCC2(CC1)OCCO2. The number of hydrogen-bond donors (Lipinski definition) is 1. The van der Waals surface area contributed by atoms with Crippen LogP contribution in [0.25, 0.3) is 0 Å². The van der Waals surface area contributed by atoms with Crippen molar-refractivity contribution >= 4 is 0 Å². The van der Waals surface area contributed by atoms with E-state index in [1.807, 2.05) is 0 Å². The minimum Gasteiger partial charge on any atom is -0.348 e. The van der Waals surface area contributed by atoms with E-state index in [9.17, 15) is 0 Å². The van der Waals surface area contributed by atoms with Crippen molar-refractivity contribution in [1.82, 2.24) is 10.2 Å². The van der Waals surface area contributed by atoms with Crippen LogP contribution in [0.1, 0.15) is 38.5 Å². The molecule has 104 valence electrons. The first-order valence-corrected chi connectivity index (χ1v) is 7.49. The standard InChI is InChI=1S/C14H26N2O2/c1-16(11-12-3-2-8-15-12)13-4-6-14(7-5-13)17-9-10-18-14/h12-13,15H,2-11H2,1H3. The Bertz CT molecular complexity index is 263. The van der Waals surface area contributed by atoms with Crippen molar-refractivity contribution in [2.24, 2.45) is 0 Å². The molecule has 0 aromatic heterocycles. The Morgan fingerprint density at radius 3 is 2.50 bits per heavy atom. The van der Waals surface area contributed by atoms with Crippen molar-refractivity contribution in [2.75, 3.05) is 33.4 Å². The number of ether oxygens (including phenoxy) is 2. The lowest BCUT2D eigenvalue weighted by atomic mass is 9.89. The van der Waals surface area contributed by atoms with Crippen molar-refractivity contribution in [2.45, 2.75) is 56.4 Å². The zero-order valence-corrected chi connectivity index (χ0v) is 11.5. The highest BCUT2D eigenvalue weighted by Crippen LogP contribution is 2.37. The van der Waals surface area contributed by atoms with Gasteiger partial charge in [0.15, 0.2) is 5.79 Å². The highest BCUT2D eigenvalue weighted by Gasteiger charge is 2.41. The summed E-state index contributed by atoms with van der Waals surface area (Å²) < 4.78 is 11.6. The molecule has 1 N–H and O–H groups in total. The van der Waals surface area contributed by atoms with E-state index in [0.29, 0.717) is 12.1 Å². The van der Waals surface area contributed by atoms with Crippen LogP contribution in [-0.2, 0) is 9.47 Å². The summed E-state index contributed by atoms with van der Waals surface area (Å²) in [6, 6.07) is 1.43. The third-order valence-electron chi connectivity index (χ3n) is 4.82. The number of likely N-dealkylation sites (N-methyl/N-ethyl adjacent to an activating group) is 1. The molecular formula is C14H26N2O2. The van der Waals surface area contributed by atoms with E-state index in [0.717, 1.165) is 26.1 Å². The van der Waals surface area contributed by atoms with Gasteiger partial charge in [-0.05, 0) is 39.3 Å². The molecule has 3 fully saturated rings. The van der Waals surface area contributed by atoms with Crippen LogP contribution in [0.3, 0.4) is 0 Å². The highest BCUT2D eigenvalue weighted by molar-refractivity contribution is 4.87. The van der Waals surface area contributed by atoms with Gasteiger partial charge in [0, 0.05) is 31.5 Å². The Balaban J connectivity index is 1.46. The van der Waals surface area contributed by atoms with Gasteiger partial charge in [-0.3, -0.25) is 0 Å². The van der Waals surface area contributed by atoms with Crippen LogP contribution >= 0.6 is 0 Å². The molecule has 1 unspecified atom stereocenters. The van der Waals surface area contributed by atoms with Crippen LogP contribution < -0.4 is 5.32 Å². The van der Waals surface area contributed by atoms with Crippen LogP contribution in [0.4, 0.5) is 0 Å². The average molecular weight is 254 g/mol. The number of nitrogens with zero attached hydrogens (tertiary/aromatic N) is 1.